The van der Waals surface area contributed by atoms with Gasteiger partial charge in [0.1, 0.15) is 6.10 Å². The van der Waals surface area contributed by atoms with E-state index in [4.69, 9.17) is 4.74 Å². The minimum Gasteiger partial charge on any atom is -0.462 e. The van der Waals surface area contributed by atoms with Crippen molar-refractivity contribution in [2.24, 2.45) is 29.1 Å². The number of carbonyl (C=O) groups excluding carboxylic acids is 1. The molecule has 0 heterocycles. The monoisotopic (exact) mass is 373 g/mol. The zero-order chi connectivity index (χ0) is 19.3. The molecular formula is C24H39NO2. The Kier molecular flexibility index (Phi) is 7.23. The summed E-state index contributed by atoms with van der Waals surface area (Å²) in [4.78, 5) is 12.5. The van der Waals surface area contributed by atoms with Crippen molar-refractivity contribution in [1.29, 1.82) is 5.26 Å². The zero-order valence-corrected chi connectivity index (χ0v) is 17.5. The first kappa shape index (κ1) is 20.7. The van der Waals surface area contributed by atoms with Crippen LogP contribution >= 0.6 is 0 Å². The molecule has 3 saturated carbocycles. The number of hydrogen-bond donors (Lipinski definition) is 0. The Hall–Kier alpha value is -1.04. The van der Waals surface area contributed by atoms with Gasteiger partial charge in [-0.3, -0.25) is 4.79 Å². The first-order valence-electron chi connectivity index (χ1n) is 11.7. The van der Waals surface area contributed by atoms with Crippen LogP contribution in [0.15, 0.2) is 0 Å². The van der Waals surface area contributed by atoms with Gasteiger partial charge in [0.05, 0.1) is 17.4 Å². The number of rotatable bonds is 5. The molecule has 3 aliphatic rings. The lowest BCUT2D eigenvalue weighted by Crippen LogP contribution is -2.33. The van der Waals surface area contributed by atoms with Gasteiger partial charge in [0, 0.05) is 0 Å². The molecule has 3 rings (SSSR count). The molecule has 27 heavy (non-hydrogen) atoms. The minimum atomic E-state index is -0.0417. The molecule has 0 radical (unpaired) electrons. The van der Waals surface area contributed by atoms with Gasteiger partial charge in [-0.25, -0.2) is 0 Å². The standard InChI is InChI=1S/C24H39NO2/c1-3-18-5-7-21(8-6-18)23(26)27-22-11-9-19(10-12-22)20-13-15-24(4-2,17-25)16-14-20/h18-22H,3-16H2,1-2H3/t18-,19?,20?,21-,22?,24?. The summed E-state index contributed by atoms with van der Waals surface area (Å²) in [5.41, 5.74) is -0.0417. The molecule has 0 aliphatic heterocycles. The molecule has 0 amide bonds. The second-order valence-corrected chi connectivity index (χ2v) is 9.68. The van der Waals surface area contributed by atoms with E-state index in [1.807, 2.05) is 0 Å². The molecule has 3 nitrogen and oxygen atoms in total. The largest absolute Gasteiger partial charge is 0.462 e. The molecule has 0 aromatic carbocycles. The van der Waals surface area contributed by atoms with E-state index in [-0.39, 0.29) is 23.4 Å². The summed E-state index contributed by atoms with van der Waals surface area (Å²) in [6, 6.07) is 2.60. The van der Waals surface area contributed by atoms with Gasteiger partial charge in [-0.15, -0.1) is 0 Å². The lowest BCUT2D eigenvalue weighted by molar-refractivity contribution is -0.157. The van der Waals surface area contributed by atoms with Gasteiger partial charge in [0.15, 0.2) is 0 Å². The third-order valence-corrected chi connectivity index (χ3v) is 8.33. The molecule has 3 fully saturated rings. The number of ether oxygens (including phenoxy) is 1. The number of esters is 1. The van der Waals surface area contributed by atoms with Crippen molar-refractivity contribution < 1.29 is 9.53 Å². The van der Waals surface area contributed by atoms with Crippen molar-refractivity contribution in [3.05, 3.63) is 0 Å². The van der Waals surface area contributed by atoms with Crippen molar-refractivity contribution in [3.63, 3.8) is 0 Å². The number of hydrogen-bond acceptors (Lipinski definition) is 3. The molecular weight excluding hydrogens is 334 g/mol. The van der Waals surface area contributed by atoms with Gasteiger partial charge in [-0.1, -0.05) is 20.3 Å². The molecule has 0 aromatic heterocycles. The summed E-state index contributed by atoms with van der Waals surface area (Å²) < 4.78 is 5.92. The zero-order valence-electron chi connectivity index (χ0n) is 17.5. The van der Waals surface area contributed by atoms with E-state index in [1.54, 1.807) is 0 Å². The molecule has 0 atom stereocenters. The minimum absolute atomic E-state index is 0.0417. The summed E-state index contributed by atoms with van der Waals surface area (Å²) in [6.07, 6.45) is 16.0. The predicted octanol–water partition coefficient (Wildman–Crippen LogP) is 6.41. The maximum absolute atomic E-state index is 12.5. The molecule has 0 aromatic rings. The average Bonchev–Trinajstić information content (AvgIpc) is 2.74. The Labute approximate surface area is 166 Å². The first-order chi connectivity index (χ1) is 13.1. The average molecular weight is 374 g/mol. The normalized spacial score (nSPS) is 40.1. The summed E-state index contributed by atoms with van der Waals surface area (Å²) >= 11 is 0. The second-order valence-electron chi connectivity index (χ2n) is 9.68. The van der Waals surface area contributed by atoms with Gasteiger partial charge in [0.25, 0.3) is 0 Å². The van der Waals surface area contributed by atoms with Crippen molar-refractivity contribution in [3.8, 4) is 6.07 Å². The van der Waals surface area contributed by atoms with Crippen LogP contribution in [0, 0.1) is 40.4 Å². The highest BCUT2D eigenvalue weighted by Crippen LogP contribution is 2.46. The van der Waals surface area contributed by atoms with Crippen LogP contribution in [0.4, 0.5) is 0 Å². The Bertz CT molecular complexity index is 513. The van der Waals surface area contributed by atoms with Crippen molar-refractivity contribution in [2.45, 2.75) is 110 Å². The fourth-order valence-corrected chi connectivity index (χ4v) is 5.95. The van der Waals surface area contributed by atoms with Crippen LogP contribution in [0.5, 0.6) is 0 Å². The van der Waals surface area contributed by atoms with E-state index in [0.717, 1.165) is 62.7 Å². The van der Waals surface area contributed by atoms with Crippen LogP contribution in [0.25, 0.3) is 0 Å². The van der Waals surface area contributed by atoms with Gasteiger partial charge in [-0.2, -0.15) is 5.26 Å². The number of carbonyl (C=O) groups is 1. The highest BCUT2D eigenvalue weighted by atomic mass is 16.5. The first-order valence-corrected chi connectivity index (χ1v) is 11.7. The molecule has 3 heteroatoms. The van der Waals surface area contributed by atoms with E-state index in [2.05, 4.69) is 19.9 Å². The van der Waals surface area contributed by atoms with E-state index in [0.29, 0.717) is 0 Å². The SMILES string of the molecule is CCC1(C#N)CCC(C2CCC(OC(=O)[C@H]3CC[C@H](CC)CC3)CC2)CC1. The molecule has 0 spiro atoms. The third kappa shape index (κ3) is 5.07. The van der Waals surface area contributed by atoms with Gasteiger partial charge < -0.3 is 4.74 Å². The van der Waals surface area contributed by atoms with E-state index in [9.17, 15) is 10.1 Å². The summed E-state index contributed by atoms with van der Waals surface area (Å²) in [5, 5.41) is 9.49. The van der Waals surface area contributed by atoms with Crippen LogP contribution < -0.4 is 0 Å². The molecule has 0 N–H and O–H groups in total. The Morgan fingerprint density at radius 3 is 2.04 bits per heavy atom. The quantitative estimate of drug-likeness (QED) is 0.523. The van der Waals surface area contributed by atoms with Crippen LogP contribution in [0.1, 0.15) is 104 Å². The molecule has 3 aliphatic carbocycles. The summed E-state index contributed by atoms with van der Waals surface area (Å²) in [6.45, 7) is 4.43. The number of nitrogens with zero attached hydrogens (tertiary/aromatic N) is 1. The lowest BCUT2D eigenvalue weighted by atomic mass is 9.65. The maximum Gasteiger partial charge on any atom is 0.309 e. The Balaban J connectivity index is 1.38. The Morgan fingerprint density at radius 2 is 1.52 bits per heavy atom. The fraction of sp³-hybridized carbons (Fsp3) is 0.917. The molecule has 0 saturated heterocycles. The predicted molar refractivity (Wildman–Crippen MR) is 108 cm³/mol. The topological polar surface area (TPSA) is 50.1 Å². The summed E-state index contributed by atoms with van der Waals surface area (Å²) in [5.74, 6) is 2.66. The van der Waals surface area contributed by atoms with Crippen molar-refractivity contribution in [1.82, 2.24) is 0 Å². The van der Waals surface area contributed by atoms with E-state index in [1.165, 1.54) is 44.9 Å². The van der Waals surface area contributed by atoms with E-state index < -0.39 is 0 Å². The van der Waals surface area contributed by atoms with Crippen molar-refractivity contribution >= 4 is 5.97 Å². The van der Waals surface area contributed by atoms with Crippen LogP contribution in [-0.4, -0.2) is 12.1 Å². The highest BCUT2D eigenvalue weighted by Gasteiger charge is 2.38. The molecule has 152 valence electrons. The van der Waals surface area contributed by atoms with Crippen LogP contribution in [0.3, 0.4) is 0 Å². The van der Waals surface area contributed by atoms with Crippen molar-refractivity contribution in [2.75, 3.05) is 0 Å². The number of nitriles is 1. The van der Waals surface area contributed by atoms with E-state index >= 15 is 0 Å². The van der Waals surface area contributed by atoms with Gasteiger partial charge >= 0.3 is 5.97 Å². The highest BCUT2D eigenvalue weighted by molar-refractivity contribution is 5.72. The smallest absolute Gasteiger partial charge is 0.309 e. The Morgan fingerprint density at radius 1 is 0.926 bits per heavy atom. The summed E-state index contributed by atoms with van der Waals surface area (Å²) in [7, 11) is 0. The fourth-order valence-electron chi connectivity index (χ4n) is 5.95. The molecule has 0 unspecified atom stereocenters. The van der Waals surface area contributed by atoms with Crippen LogP contribution in [0.2, 0.25) is 0 Å². The van der Waals surface area contributed by atoms with Crippen LogP contribution in [-0.2, 0) is 9.53 Å². The molecule has 0 bridgehead atoms. The second kappa shape index (κ2) is 9.44. The van der Waals surface area contributed by atoms with Gasteiger partial charge in [-0.05, 0) is 101 Å². The lowest BCUT2D eigenvalue weighted by Gasteiger charge is -2.40. The van der Waals surface area contributed by atoms with Gasteiger partial charge in [0.2, 0.25) is 0 Å². The third-order valence-electron chi connectivity index (χ3n) is 8.33. The maximum atomic E-state index is 12.5.